The Kier molecular flexibility index (Phi) is 6.39. The van der Waals surface area contributed by atoms with Crippen LogP contribution in [0.15, 0.2) is 0 Å². The molecule has 4 nitrogen and oxygen atoms in total. The molecular formula is C19H36N4S. The Labute approximate surface area is 152 Å². The van der Waals surface area contributed by atoms with Crippen LogP contribution >= 0.6 is 11.8 Å². The second-order valence-corrected chi connectivity index (χ2v) is 9.73. The summed E-state index contributed by atoms with van der Waals surface area (Å²) in [5.41, 5.74) is 3.72. The molecule has 0 aromatic heterocycles. The SMILES string of the molecule is C1CSC2CCNCC3CCN(CCCC4CC(CCN4)C2C1)N3. The normalized spacial score (nSPS) is 45.0. The summed E-state index contributed by atoms with van der Waals surface area (Å²) < 4.78 is 0. The van der Waals surface area contributed by atoms with E-state index in [1.807, 2.05) is 0 Å². The van der Waals surface area contributed by atoms with Crippen LogP contribution in [0.5, 0.6) is 0 Å². The zero-order valence-corrected chi connectivity index (χ0v) is 16.0. The minimum atomic E-state index is 0.655. The number of nitrogens with one attached hydrogen (secondary N) is 3. The fourth-order valence-electron chi connectivity index (χ4n) is 5.42. The lowest BCUT2D eigenvalue weighted by atomic mass is 9.76. The number of nitrogens with zero attached hydrogens (tertiary/aromatic N) is 1. The summed E-state index contributed by atoms with van der Waals surface area (Å²) in [5, 5.41) is 11.0. The van der Waals surface area contributed by atoms with Gasteiger partial charge in [0.1, 0.15) is 0 Å². The maximum Gasteiger partial charge on any atom is 0.0352 e. The van der Waals surface area contributed by atoms with Crippen LogP contribution in [0.25, 0.3) is 0 Å². The Morgan fingerprint density at radius 3 is 2.88 bits per heavy atom. The van der Waals surface area contributed by atoms with Gasteiger partial charge in [0.15, 0.2) is 0 Å². The van der Waals surface area contributed by atoms with Gasteiger partial charge < -0.3 is 10.6 Å². The van der Waals surface area contributed by atoms with Gasteiger partial charge in [-0.05, 0) is 82.0 Å². The van der Waals surface area contributed by atoms with Crippen molar-refractivity contribution >= 4 is 11.8 Å². The second-order valence-electron chi connectivity index (χ2n) is 8.39. The standard InChI is InChI=1S/C19H36N4S/c1-3-16-13-15(5-9-21-16)18-4-2-12-24-19(18)6-8-20-14-17-7-11-23(10-1)22-17/h15-22H,1-14H2. The molecule has 4 bridgehead atoms. The van der Waals surface area contributed by atoms with Crippen LogP contribution in [-0.2, 0) is 0 Å². The van der Waals surface area contributed by atoms with Gasteiger partial charge in [0.2, 0.25) is 0 Å². The first kappa shape index (κ1) is 17.6. The average molecular weight is 353 g/mol. The van der Waals surface area contributed by atoms with Gasteiger partial charge in [-0.3, -0.25) is 5.43 Å². The van der Waals surface area contributed by atoms with E-state index >= 15 is 0 Å². The van der Waals surface area contributed by atoms with Crippen LogP contribution in [0.3, 0.4) is 0 Å². The number of piperidine rings is 1. The quantitative estimate of drug-likeness (QED) is 0.624. The third kappa shape index (κ3) is 4.47. The van der Waals surface area contributed by atoms with Crippen molar-refractivity contribution in [3.05, 3.63) is 0 Å². The van der Waals surface area contributed by atoms with Crippen LogP contribution in [0.1, 0.15) is 51.4 Å². The van der Waals surface area contributed by atoms with Crippen molar-refractivity contribution in [3.8, 4) is 0 Å². The van der Waals surface area contributed by atoms with E-state index in [1.165, 1.54) is 83.3 Å². The van der Waals surface area contributed by atoms with Gasteiger partial charge in [0.05, 0.1) is 0 Å². The summed E-state index contributed by atoms with van der Waals surface area (Å²) in [6.45, 7) is 6.06. The highest BCUT2D eigenvalue weighted by atomic mass is 32.2. The summed E-state index contributed by atoms with van der Waals surface area (Å²) in [5.74, 6) is 3.36. The predicted molar refractivity (Wildman–Crippen MR) is 103 cm³/mol. The average Bonchev–Trinajstić information content (AvgIpc) is 3.06. The molecule has 0 amide bonds. The molecule has 0 aliphatic carbocycles. The Morgan fingerprint density at radius 1 is 0.875 bits per heavy atom. The molecule has 4 saturated heterocycles. The highest BCUT2D eigenvalue weighted by Crippen LogP contribution is 2.41. The van der Waals surface area contributed by atoms with Crippen molar-refractivity contribution in [1.29, 1.82) is 0 Å². The summed E-state index contributed by atoms with van der Waals surface area (Å²) in [6.07, 6.45) is 11.2. The maximum absolute atomic E-state index is 3.82. The fourth-order valence-corrected chi connectivity index (χ4v) is 6.95. The van der Waals surface area contributed by atoms with Crippen molar-refractivity contribution in [2.75, 3.05) is 38.5 Å². The molecule has 138 valence electrons. The van der Waals surface area contributed by atoms with Crippen molar-refractivity contribution in [2.24, 2.45) is 11.8 Å². The summed E-state index contributed by atoms with van der Waals surface area (Å²) in [4.78, 5) is 0. The minimum Gasteiger partial charge on any atom is -0.315 e. The van der Waals surface area contributed by atoms with Gasteiger partial charge >= 0.3 is 0 Å². The van der Waals surface area contributed by atoms with E-state index in [0.29, 0.717) is 6.04 Å². The van der Waals surface area contributed by atoms with E-state index in [1.54, 1.807) is 0 Å². The molecule has 24 heavy (non-hydrogen) atoms. The summed E-state index contributed by atoms with van der Waals surface area (Å²) >= 11 is 2.29. The van der Waals surface area contributed by atoms with Crippen molar-refractivity contribution in [3.63, 3.8) is 0 Å². The van der Waals surface area contributed by atoms with Crippen LogP contribution in [-0.4, -0.2) is 60.8 Å². The van der Waals surface area contributed by atoms with Gasteiger partial charge in [-0.15, -0.1) is 0 Å². The van der Waals surface area contributed by atoms with E-state index < -0.39 is 0 Å². The topological polar surface area (TPSA) is 39.3 Å². The second kappa shape index (κ2) is 8.72. The number of hydrogen-bond donors (Lipinski definition) is 3. The first-order chi connectivity index (χ1) is 11.9. The highest BCUT2D eigenvalue weighted by molar-refractivity contribution is 7.99. The van der Waals surface area contributed by atoms with E-state index in [-0.39, 0.29) is 0 Å². The molecule has 0 aromatic carbocycles. The van der Waals surface area contributed by atoms with Gasteiger partial charge in [-0.1, -0.05) is 0 Å². The largest absolute Gasteiger partial charge is 0.315 e. The molecule has 0 spiro atoms. The maximum atomic E-state index is 3.82. The zero-order chi connectivity index (χ0) is 16.2. The molecule has 0 radical (unpaired) electrons. The number of rotatable bonds is 0. The molecule has 0 aromatic rings. The number of hydrazine groups is 1. The summed E-state index contributed by atoms with van der Waals surface area (Å²) in [7, 11) is 0. The predicted octanol–water partition coefficient (Wildman–Crippen LogP) is 2.22. The van der Waals surface area contributed by atoms with E-state index in [4.69, 9.17) is 0 Å². The van der Waals surface area contributed by atoms with E-state index in [0.717, 1.165) is 29.7 Å². The minimum absolute atomic E-state index is 0.655. The Hall–Kier alpha value is 0.190. The highest BCUT2D eigenvalue weighted by Gasteiger charge is 2.35. The molecule has 4 fully saturated rings. The lowest BCUT2D eigenvalue weighted by Crippen LogP contribution is -2.43. The Balaban J connectivity index is 1.41. The van der Waals surface area contributed by atoms with Crippen LogP contribution in [0.2, 0.25) is 0 Å². The zero-order valence-electron chi connectivity index (χ0n) is 15.1. The third-order valence-corrected chi connectivity index (χ3v) is 8.26. The van der Waals surface area contributed by atoms with Crippen LogP contribution in [0.4, 0.5) is 0 Å². The van der Waals surface area contributed by atoms with Crippen molar-refractivity contribution in [1.82, 2.24) is 21.1 Å². The van der Waals surface area contributed by atoms with Crippen LogP contribution in [0, 0.1) is 11.8 Å². The molecule has 4 rings (SSSR count). The monoisotopic (exact) mass is 352 g/mol. The molecule has 4 heterocycles. The Bertz CT molecular complexity index is 394. The number of fused-ring (bicyclic) bond motifs is 6. The van der Waals surface area contributed by atoms with E-state index in [2.05, 4.69) is 32.8 Å². The first-order valence-electron chi connectivity index (χ1n) is 10.5. The molecule has 5 heteroatoms. The summed E-state index contributed by atoms with van der Waals surface area (Å²) in [6, 6.07) is 1.43. The third-order valence-electron chi connectivity index (χ3n) is 6.72. The molecule has 0 saturated carbocycles. The van der Waals surface area contributed by atoms with Crippen molar-refractivity contribution in [2.45, 2.75) is 68.7 Å². The van der Waals surface area contributed by atoms with E-state index in [9.17, 15) is 0 Å². The molecule has 4 aliphatic heterocycles. The number of thioether (sulfide) groups is 1. The lowest BCUT2D eigenvalue weighted by molar-refractivity contribution is 0.185. The lowest BCUT2D eigenvalue weighted by Gasteiger charge is -2.41. The van der Waals surface area contributed by atoms with Crippen molar-refractivity contribution < 1.29 is 0 Å². The van der Waals surface area contributed by atoms with Gasteiger partial charge in [0, 0.05) is 37.0 Å². The molecule has 6 atom stereocenters. The van der Waals surface area contributed by atoms with Gasteiger partial charge in [-0.25, -0.2) is 5.01 Å². The Morgan fingerprint density at radius 2 is 1.88 bits per heavy atom. The molecule has 3 N–H and O–H groups in total. The molecule has 4 aliphatic rings. The fraction of sp³-hybridized carbons (Fsp3) is 1.00. The molecular weight excluding hydrogens is 316 g/mol. The van der Waals surface area contributed by atoms with Crippen LogP contribution < -0.4 is 16.1 Å². The van der Waals surface area contributed by atoms with Gasteiger partial charge in [0.25, 0.3) is 0 Å². The first-order valence-corrected chi connectivity index (χ1v) is 11.5. The molecule has 6 unspecified atom stereocenters. The number of hydrogen-bond acceptors (Lipinski definition) is 5. The van der Waals surface area contributed by atoms with Gasteiger partial charge in [-0.2, -0.15) is 11.8 Å². The smallest absolute Gasteiger partial charge is 0.0352 e.